The Morgan fingerprint density at radius 1 is 1.41 bits per heavy atom. The van der Waals surface area contributed by atoms with E-state index < -0.39 is 0 Å². The van der Waals surface area contributed by atoms with Crippen LogP contribution in [-0.4, -0.2) is 49.1 Å². The highest BCUT2D eigenvalue weighted by atomic mass is 16.5. The van der Waals surface area contributed by atoms with Gasteiger partial charge in [-0.1, -0.05) is 6.42 Å². The summed E-state index contributed by atoms with van der Waals surface area (Å²) < 4.78 is 4.62. The number of nitrogens with zero attached hydrogens (tertiary/aromatic N) is 1. The first-order chi connectivity index (χ1) is 8.06. The maximum absolute atomic E-state index is 12.2. The number of carbonyl (C=O) groups is 2. The van der Waals surface area contributed by atoms with Crippen molar-refractivity contribution in [3.05, 3.63) is 0 Å². The topological polar surface area (TPSA) is 58.6 Å². The summed E-state index contributed by atoms with van der Waals surface area (Å²) in [6, 6.07) is -0.138. The van der Waals surface area contributed by atoms with Crippen molar-refractivity contribution in [2.24, 2.45) is 0 Å². The van der Waals surface area contributed by atoms with Crippen molar-refractivity contribution < 1.29 is 14.3 Å². The van der Waals surface area contributed by atoms with Gasteiger partial charge in [-0.3, -0.25) is 9.59 Å². The fourth-order valence-electron chi connectivity index (χ4n) is 1.98. The highest BCUT2D eigenvalue weighted by molar-refractivity contribution is 5.86. The van der Waals surface area contributed by atoms with Crippen molar-refractivity contribution in [1.29, 1.82) is 0 Å². The number of esters is 1. The molecule has 0 unspecified atom stereocenters. The van der Waals surface area contributed by atoms with Gasteiger partial charge in [-0.05, 0) is 33.2 Å². The lowest BCUT2D eigenvalue weighted by Crippen LogP contribution is -2.52. The van der Waals surface area contributed by atoms with E-state index in [9.17, 15) is 9.59 Å². The monoisotopic (exact) mass is 242 g/mol. The van der Waals surface area contributed by atoms with Crippen molar-refractivity contribution in [3.63, 3.8) is 0 Å². The van der Waals surface area contributed by atoms with Crippen LogP contribution in [0.4, 0.5) is 0 Å². The zero-order valence-corrected chi connectivity index (χ0v) is 10.9. The third-order valence-electron chi connectivity index (χ3n) is 3.04. The van der Waals surface area contributed by atoms with Crippen LogP contribution >= 0.6 is 0 Å². The Balaban J connectivity index is 2.62. The molecule has 98 valence electrons. The summed E-state index contributed by atoms with van der Waals surface area (Å²) >= 11 is 0. The number of hydrogen-bond donors (Lipinski definition) is 1. The molecule has 0 bridgehead atoms. The lowest BCUT2D eigenvalue weighted by Gasteiger charge is -2.31. The summed E-state index contributed by atoms with van der Waals surface area (Å²) in [5, 5.41) is 3.20. The molecule has 0 aliphatic carbocycles. The molecule has 1 aliphatic rings. The van der Waals surface area contributed by atoms with E-state index in [1.54, 1.807) is 4.90 Å². The normalized spacial score (nSPS) is 20.1. The molecule has 0 aromatic carbocycles. The molecule has 1 aliphatic heterocycles. The van der Waals surface area contributed by atoms with Gasteiger partial charge in [-0.2, -0.15) is 0 Å². The van der Waals surface area contributed by atoms with Crippen LogP contribution in [0.25, 0.3) is 0 Å². The summed E-state index contributed by atoms with van der Waals surface area (Å²) in [5.41, 5.74) is 0. The Morgan fingerprint density at radius 2 is 2.12 bits per heavy atom. The molecule has 1 saturated heterocycles. The molecule has 1 rings (SSSR count). The van der Waals surface area contributed by atoms with Crippen molar-refractivity contribution in [2.75, 3.05) is 20.2 Å². The van der Waals surface area contributed by atoms with Gasteiger partial charge in [-0.25, -0.2) is 0 Å². The van der Waals surface area contributed by atoms with Crippen LogP contribution in [0.3, 0.4) is 0 Å². The molecule has 0 radical (unpaired) electrons. The first-order valence-corrected chi connectivity index (χ1v) is 6.17. The maximum Gasteiger partial charge on any atom is 0.325 e. The predicted octanol–water partition coefficient (Wildman–Crippen LogP) is 0.538. The second-order valence-electron chi connectivity index (χ2n) is 4.64. The van der Waals surface area contributed by atoms with E-state index in [4.69, 9.17) is 0 Å². The molecule has 0 aromatic rings. The lowest BCUT2D eigenvalue weighted by molar-refractivity contribution is -0.149. The van der Waals surface area contributed by atoms with E-state index in [2.05, 4.69) is 10.1 Å². The fourth-order valence-corrected chi connectivity index (χ4v) is 1.98. The number of rotatable bonds is 4. The average molecular weight is 242 g/mol. The minimum atomic E-state index is -0.372. The van der Waals surface area contributed by atoms with E-state index in [0.29, 0.717) is 0 Å². The summed E-state index contributed by atoms with van der Waals surface area (Å²) in [5.74, 6) is -0.368. The molecular formula is C12H22N2O3. The van der Waals surface area contributed by atoms with Gasteiger partial charge in [0.15, 0.2) is 0 Å². The number of amides is 1. The quantitative estimate of drug-likeness (QED) is 0.731. The van der Waals surface area contributed by atoms with Gasteiger partial charge in [-0.15, -0.1) is 0 Å². The number of methoxy groups -OCH3 is 1. The molecule has 0 spiro atoms. The Kier molecular flexibility index (Phi) is 5.41. The second-order valence-corrected chi connectivity index (χ2v) is 4.64. The molecule has 1 amide bonds. The van der Waals surface area contributed by atoms with E-state index in [1.165, 1.54) is 7.11 Å². The SMILES string of the molecule is COC(=O)CN(C(=O)[C@H]1CCCCN1)C(C)C. The minimum Gasteiger partial charge on any atom is -0.468 e. The minimum absolute atomic E-state index is 0.00472. The second kappa shape index (κ2) is 6.59. The Labute approximate surface area is 102 Å². The molecule has 1 atom stereocenters. The number of nitrogens with one attached hydrogen (secondary N) is 1. The highest BCUT2D eigenvalue weighted by Crippen LogP contribution is 2.11. The summed E-state index contributed by atoms with van der Waals surface area (Å²) in [7, 11) is 1.34. The van der Waals surface area contributed by atoms with Crippen LogP contribution < -0.4 is 5.32 Å². The third kappa shape index (κ3) is 4.00. The van der Waals surface area contributed by atoms with E-state index in [1.807, 2.05) is 13.8 Å². The van der Waals surface area contributed by atoms with Crippen LogP contribution in [0.5, 0.6) is 0 Å². The number of ether oxygens (including phenoxy) is 1. The number of carbonyl (C=O) groups excluding carboxylic acids is 2. The number of hydrogen-bond acceptors (Lipinski definition) is 4. The lowest BCUT2D eigenvalue weighted by atomic mass is 10.0. The zero-order chi connectivity index (χ0) is 12.8. The van der Waals surface area contributed by atoms with Gasteiger partial charge in [0.2, 0.25) is 5.91 Å². The zero-order valence-electron chi connectivity index (χ0n) is 10.9. The molecule has 0 aromatic heterocycles. The van der Waals surface area contributed by atoms with Crippen molar-refractivity contribution >= 4 is 11.9 Å². The Hall–Kier alpha value is -1.10. The summed E-state index contributed by atoms with van der Waals surface area (Å²) in [6.07, 6.45) is 3.03. The van der Waals surface area contributed by atoms with Gasteiger partial charge < -0.3 is 15.0 Å². The Bertz CT molecular complexity index is 273. The Morgan fingerprint density at radius 3 is 2.59 bits per heavy atom. The first kappa shape index (κ1) is 14.0. The largest absolute Gasteiger partial charge is 0.468 e. The van der Waals surface area contributed by atoms with Crippen LogP contribution in [0.2, 0.25) is 0 Å². The predicted molar refractivity (Wildman–Crippen MR) is 64.5 cm³/mol. The molecular weight excluding hydrogens is 220 g/mol. The van der Waals surface area contributed by atoms with E-state index in [-0.39, 0.29) is 30.5 Å². The highest BCUT2D eigenvalue weighted by Gasteiger charge is 2.28. The first-order valence-electron chi connectivity index (χ1n) is 6.17. The van der Waals surface area contributed by atoms with Crippen molar-refractivity contribution in [3.8, 4) is 0 Å². The van der Waals surface area contributed by atoms with Crippen molar-refractivity contribution in [2.45, 2.75) is 45.2 Å². The smallest absolute Gasteiger partial charge is 0.325 e. The van der Waals surface area contributed by atoms with Gasteiger partial charge in [0.05, 0.1) is 13.2 Å². The summed E-state index contributed by atoms with van der Waals surface area (Å²) in [4.78, 5) is 25.1. The van der Waals surface area contributed by atoms with Gasteiger partial charge >= 0.3 is 5.97 Å². The van der Waals surface area contributed by atoms with Gasteiger partial charge in [0.25, 0.3) is 0 Å². The molecule has 5 heteroatoms. The van der Waals surface area contributed by atoms with Crippen molar-refractivity contribution in [1.82, 2.24) is 10.2 Å². The molecule has 1 heterocycles. The molecule has 5 nitrogen and oxygen atoms in total. The van der Waals surface area contributed by atoms with Crippen LogP contribution in [0, 0.1) is 0 Å². The average Bonchev–Trinajstić information content (AvgIpc) is 2.35. The van der Waals surface area contributed by atoms with Gasteiger partial charge in [0.1, 0.15) is 6.54 Å². The molecule has 1 fully saturated rings. The third-order valence-corrected chi connectivity index (χ3v) is 3.04. The van der Waals surface area contributed by atoms with Crippen LogP contribution in [0.1, 0.15) is 33.1 Å². The molecule has 0 saturated carbocycles. The number of piperidine rings is 1. The van der Waals surface area contributed by atoms with Gasteiger partial charge in [0, 0.05) is 6.04 Å². The van der Waals surface area contributed by atoms with Crippen LogP contribution in [0.15, 0.2) is 0 Å². The maximum atomic E-state index is 12.2. The van der Waals surface area contributed by atoms with Crippen LogP contribution in [-0.2, 0) is 14.3 Å². The van der Waals surface area contributed by atoms with E-state index >= 15 is 0 Å². The fraction of sp³-hybridized carbons (Fsp3) is 0.833. The molecule has 17 heavy (non-hydrogen) atoms. The molecule has 1 N–H and O–H groups in total. The van der Waals surface area contributed by atoms with E-state index in [0.717, 1.165) is 25.8 Å². The standard InChI is InChI=1S/C12H22N2O3/c1-9(2)14(8-11(15)17-3)12(16)10-6-4-5-7-13-10/h9-10,13H,4-8H2,1-3H3/t10-/m1/s1. The summed E-state index contributed by atoms with van der Waals surface area (Å²) in [6.45, 7) is 4.72.